The van der Waals surface area contributed by atoms with E-state index in [1.54, 1.807) is 6.07 Å². The minimum atomic E-state index is -0.644. The number of hydrogen-bond donors (Lipinski definition) is 6. The van der Waals surface area contributed by atoms with Gasteiger partial charge in [0, 0.05) is 47.4 Å². The average molecular weight is 792 g/mol. The molecule has 4 aliphatic rings. The first-order valence-corrected chi connectivity index (χ1v) is 21.5. The highest BCUT2D eigenvalue weighted by atomic mass is 16.5. The summed E-state index contributed by atoms with van der Waals surface area (Å²) in [4.78, 5) is 0. The molecule has 4 heterocycles. The number of benzene rings is 3. The van der Waals surface area contributed by atoms with E-state index >= 15 is 0 Å². The Labute approximate surface area is 342 Å². The number of aliphatic hydroxyl groups is 3. The molecule has 7 N–H and O–H groups in total. The quantitative estimate of drug-likeness (QED) is 0.106. The predicted octanol–water partition coefficient (Wildman–Crippen LogP) is 6.96. The second-order valence-electron chi connectivity index (χ2n) is 17.0. The lowest BCUT2D eigenvalue weighted by atomic mass is 9.57. The van der Waals surface area contributed by atoms with E-state index < -0.39 is 6.10 Å². The zero-order chi connectivity index (χ0) is 40.2. The molecule has 6 atom stereocenters. The molecule has 0 radical (unpaired) electrons. The van der Waals surface area contributed by atoms with Crippen LogP contribution in [0.4, 0.5) is 0 Å². The Morgan fingerprint density at radius 2 is 1.86 bits per heavy atom. The molecule has 0 amide bonds. The fourth-order valence-electron chi connectivity index (χ4n) is 10.2. The number of rotatable bonds is 9. The molecule has 8 rings (SSSR count). The number of fused-ring (bicyclic) bond motifs is 7. The normalized spacial score (nSPS) is 25.5. The largest absolute Gasteiger partial charge is 0.504 e. The summed E-state index contributed by atoms with van der Waals surface area (Å²) in [7, 11) is 0. The first kappa shape index (κ1) is 40.6. The Balaban J connectivity index is 1.24. The fourth-order valence-corrected chi connectivity index (χ4v) is 10.2. The van der Waals surface area contributed by atoms with Gasteiger partial charge in [-0.15, -0.1) is 0 Å². The zero-order valence-electron chi connectivity index (χ0n) is 33.9. The van der Waals surface area contributed by atoms with Crippen LogP contribution in [0.2, 0.25) is 0 Å². The molecule has 3 aromatic carbocycles. The second-order valence-corrected chi connectivity index (χ2v) is 17.0. The fraction of sp³-hybridized carbons (Fsp3) is 0.500. The molecule has 0 spiro atoms. The molecule has 10 nitrogen and oxygen atoms in total. The molecule has 1 fully saturated rings. The Bertz CT molecular complexity index is 2130. The Hall–Kier alpha value is -4.16. The van der Waals surface area contributed by atoms with E-state index in [1.165, 1.54) is 16.7 Å². The van der Waals surface area contributed by atoms with Crippen LogP contribution in [0, 0.1) is 11.8 Å². The number of aromatic hydroxyl groups is 1. The lowest BCUT2D eigenvalue weighted by Crippen LogP contribution is -2.47. The summed E-state index contributed by atoms with van der Waals surface area (Å²) in [5, 5.41) is 48.1. The van der Waals surface area contributed by atoms with Gasteiger partial charge in [0.2, 0.25) is 0 Å². The van der Waals surface area contributed by atoms with E-state index in [0.29, 0.717) is 55.6 Å². The van der Waals surface area contributed by atoms with E-state index in [1.807, 2.05) is 12.1 Å². The molecular weight excluding hydrogens is 731 g/mol. The van der Waals surface area contributed by atoms with Crippen LogP contribution in [-0.2, 0) is 40.9 Å². The average Bonchev–Trinajstić information content (AvgIpc) is 3.68. The molecule has 10 heteroatoms. The highest BCUT2D eigenvalue weighted by Gasteiger charge is 2.47. The number of aliphatic hydroxyl groups excluding tert-OH is 3. The molecule has 1 unspecified atom stereocenters. The van der Waals surface area contributed by atoms with E-state index in [-0.39, 0.29) is 43.3 Å². The molecule has 4 bridgehead atoms. The minimum absolute atomic E-state index is 0.0286. The summed E-state index contributed by atoms with van der Waals surface area (Å²) in [5.74, 6) is 1.96. The van der Waals surface area contributed by atoms with Gasteiger partial charge < -0.3 is 50.3 Å². The maximum Gasteiger partial charge on any atom is 0.161 e. The number of dihydropyridines is 1. The summed E-state index contributed by atoms with van der Waals surface area (Å²) >= 11 is 0. The number of aryl methyl sites for hydroxylation is 2. The van der Waals surface area contributed by atoms with Crippen LogP contribution in [0.15, 0.2) is 78.6 Å². The van der Waals surface area contributed by atoms with Crippen molar-refractivity contribution in [3.8, 4) is 11.5 Å². The van der Waals surface area contributed by atoms with Crippen molar-refractivity contribution in [2.75, 3.05) is 26.4 Å². The summed E-state index contributed by atoms with van der Waals surface area (Å²) in [6, 6.07) is 17.0. The third-order valence-corrected chi connectivity index (χ3v) is 13.5. The van der Waals surface area contributed by atoms with Gasteiger partial charge in [0.05, 0.1) is 38.2 Å². The number of phenols is 1. The Morgan fingerprint density at radius 3 is 2.71 bits per heavy atom. The van der Waals surface area contributed by atoms with Crippen LogP contribution >= 0.6 is 0 Å². The van der Waals surface area contributed by atoms with Crippen LogP contribution in [0.1, 0.15) is 98.1 Å². The summed E-state index contributed by atoms with van der Waals surface area (Å²) < 4.78 is 21.6. The number of nitrogens with zero attached hydrogens (tertiary/aromatic N) is 1. The molecule has 1 aliphatic carbocycles. The van der Waals surface area contributed by atoms with Gasteiger partial charge in [-0.25, -0.2) is 0 Å². The Morgan fingerprint density at radius 1 is 1.00 bits per heavy atom. The number of hydrogen-bond acceptors (Lipinski definition) is 9. The van der Waals surface area contributed by atoms with Crippen molar-refractivity contribution in [1.29, 1.82) is 0 Å². The first-order valence-electron chi connectivity index (χ1n) is 21.5. The summed E-state index contributed by atoms with van der Waals surface area (Å²) in [5.41, 5.74) is 13.7. The van der Waals surface area contributed by atoms with Gasteiger partial charge in [0.1, 0.15) is 12.4 Å². The number of aromatic nitrogens is 1. The van der Waals surface area contributed by atoms with Crippen molar-refractivity contribution in [1.82, 2.24) is 9.88 Å². The zero-order valence-corrected chi connectivity index (χ0v) is 33.9. The van der Waals surface area contributed by atoms with E-state index in [0.717, 1.165) is 91.3 Å². The number of nitrogens with one attached hydrogen (secondary N) is 1. The standard InChI is InChI=1S/C48H61N3O7/c1-2-31(6-5-18-52)9-15-41-24-40(54)14-11-33-23-45(44(55)22-36(33)27-53)58-29-37-21-39(48-17-19-56-30-38(48)13-10-32-7-3-4-8-43(32)48)20-35-25-51(26-42(35)37)47-34(28-57-41)12-16-46(49)50-47/h3-4,7-8,12,16,20-23,25-26,31,38,40-41,46,50,52-55H,2,5-6,9-11,13-15,17-19,24,27-30,49H2,1H3/t31-,38-,40-,41+,46?,48-/m1/s1. The van der Waals surface area contributed by atoms with Gasteiger partial charge in [-0.05, 0) is 134 Å². The van der Waals surface area contributed by atoms with Crippen LogP contribution in [-0.4, -0.2) is 69.8 Å². The highest BCUT2D eigenvalue weighted by molar-refractivity contribution is 5.88. The number of nitrogens with two attached hydrogens (primary N) is 1. The molecule has 58 heavy (non-hydrogen) atoms. The van der Waals surface area contributed by atoms with E-state index in [4.69, 9.17) is 19.9 Å². The lowest BCUT2D eigenvalue weighted by molar-refractivity contribution is 0.00498. The van der Waals surface area contributed by atoms with Crippen LogP contribution in [0.5, 0.6) is 11.5 Å². The van der Waals surface area contributed by atoms with Crippen LogP contribution in [0.25, 0.3) is 16.6 Å². The van der Waals surface area contributed by atoms with E-state index in [9.17, 15) is 20.4 Å². The van der Waals surface area contributed by atoms with Crippen molar-refractivity contribution in [2.24, 2.45) is 17.6 Å². The maximum absolute atomic E-state index is 11.5. The van der Waals surface area contributed by atoms with Crippen molar-refractivity contribution >= 4 is 16.6 Å². The number of ether oxygens (including phenoxy) is 3. The SMILES string of the molecule is CC[C@H](CCCO)CC[C@H]1C[C@H](O)CCc2cc(c(O)cc2CO)OCc2cc([C@@]34CCOC[C@H]3CCc3ccccc34)cc3cn(cc23)C2=C(C=CC(N)N2)CO1. The van der Waals surface area contributed by atoms with Gasteiger partial charge in [0.25, 0.3) is 0 Å². The third kappa shape index (κ3) is 8.33. The predicted molar refractivity (Wildman–Crippen MR) is 226 cm³/mol. The van der Waals surface area contributed by atoms with Gasteiger partial charge in [-0.1, -0.05) is 49.8 Å². The Kier molecular flexibility index (Phi) is 12.6. The van der Waals surface area contributed by atoms with Crippen molar-refractivity contribution in [3.05, 3.63) is 112 Å². The molecule has 3 aliphatic heterocycles. The molecule has 1 saturated heterocycles. The molecule has 4 aromatic rings. The lowest BCUT2D eigenvalue weighted by Gasteiger charge is -2.49. The second kappa shape index (κ2) is 18.0. The molecule has 0 saturated carbocycles. The molecular formula is C48H61N3O7. The number of phenolic OH excluding ortho intramolecular Hbond substituents is 1. The monoisotopic (exact) mass is 791 g/mol. The van der Waals surface area contributed by atoms with Gasteiger partial charge in [0.15, 0.2) is 11.5 Å². The molecule has 1 aromatic heterocycles. The van der Waals surface area contributed by atoms with E-state index in [2.05, 4.69) is 71.7 Å². The smallest absolute Gasteiger partial charge is 0.161 e. The third-order valence-electron chi connectivity index (χ3n) is 13.5. The van der Waals surface area contributed by atoms with Crippen LogP contribution in [0.3, 0.4) is 0 Å². The molecule has 310 valence electrons. The first-order chi connectivity index (χ1) is 28.3. The van der Waals surface area contributed by atoms with Crippen molar-refractivity contribution in [2.45, 2.75) is 115 Å². The van der Waals surface area contributed by atoms with Crippen molar-refractivity contribution < 1.29 is 34.6 Å². The summed E-state index contributed by atoms with van der Waals surface area (Å²) in [6.07, 6.45) is 16.0. The minimum Gasteiger partial charge on any atom is -0.504 e. The van der Waals surface area contributed by atoms with Gasteiger partial charge in [-0.2, -0.15) is 0 Å². The summed E-state index contributed by atoms with van der Waals surface area (Å²) in [6.45, 7) is 4.10. The van der Waals surface area contributed by atoms with Crippen molar-refractivity contribution in [3.63, 3.8) is 0 Å². The van der Waals surface area contributed by atoms with Gasteiger partial charge in [-0.3, -0.25) is 0 Å². The van der Waals surface area contributed by atoms with Gasteiger partial charge >= 0.3 is 0 Å². The van der Waals surface area contributed by atoms with Crippen LogP contribution < -0.4 is 15.8 Å². The highest BCUT2D eigenvalue weighted by Crippen LogP contribution is 2.52. The topological polar surface area (TPSA) is 152 Å². The maximum atomic E-state index is 11.5.